The van der Waals surface area contributed by atoms with Crippen molar-refractivity contribution >= 4 is 16.4 Å². The molecule has 1 unspecified atom stereocenters. The number of hydrogen-bond acceptors (Lipinski definition) is 5. The van der Waals surface area contributed by atoms with Gasteiger partial charge >= 0.3 is 16.4 Å². The molecule has 0 aromatic rings. The Morgan fingerprint density at radius 3 is 2.48 bits per heavy atom. The van der Waals surface area contributed by atoms with Gasteiger partial charge in [0.2, 0.25) is 0 Å². The lowest BCUT2D eigenvalue weighted by Gasteiger charge is -2.63. The molecule has 1 N–H and O–H groups in total. The van der Waals surface area contributed by atoms with Gasteiger partial charge in [-0.15, -0.1) is 0 Å². The highest BCUT2D eigenvalue weighted by Crippen LogP contribution is 2.69. The Bertz CT molecular complexity index is 841. The maximum absolute atomic E-state index is 12.7. The van der Waals surface area contributed by atoms with E-state index >= 15 is 0 Å². The second kappa shape index (κ2) is 7.42. The van der Waals surface area contributed by atoms with Crippen LogP contribution in [0.5, 0.6) is 0 Å². The molecular formula is C24H38O6S. The van der Waals surface area contributed by atoms with Gasteiger partial charge in [-0.3, -0.25) is 4.79 Å². The smallest absolute Gasteiger partial charge is 0.400 e. The fraction of sp³-hybridized carbons (Fsp3) is 0.958. The van der Waals surface area contributed by atoms with Crippen molar-refractivity contribution in [2.45, 2.75) is 97.2 Å². The highest BCUT2D eigenvalue weighted by atomic mass is 32.3. The zero-order chi connectivity index (χ0) is 22.2. The molecule has 4 saturated carbocycles. The van der Waals surface area contributed by atoms with Crippen LogP contribution in [-0.4, -0.2) is 31.7 Å². The van der Waals surface area contributed by atoms with E-state index in [1.807, 2.05) is 0 Å². The Labute approximate surface area is 186 Å². The van der Waals surface area contributed by atoms with Crippen LogP contribution in [0.1, 0.15) is 85.0 Å². The van der Waals surface area contributed by atoms with Gasteiger partial charge in [0.05, 0.1) is 12.2 Å². The van der Waals surface area contributed by atoms with Crippen LogP contribution in [0.3, 0.4) is 0 Å². The van der Waals surface area contributed by atoms with Gasteiger partial charge in [0.25, 0.3) is 0 Å². The van der Waals surface area contributed by atoms with Crippen molar-refractivity contribution in [3.63, 3.8) is 0 Å². The summed E-state index contributed by atoms with van der Waals surface area (Å²) in [4.78, 5) is 11.1. The maximum atomic E-state index is 12.7. The second-order valence-electron chi connectivity index (χ2n) is 11.9. The molecule has 31 heavy (non-hydrogen) atoms. The average Bonchev–Trinajstić information content (AvgIpc) is 3.03. The monoisotopic (exact) mass is 454 g/mol. The normalized spacial score (nSPS) is 51.3. The molecule has 0 aromatic carbocycles. The fourth-order valence-electron chi connectivity index (χ4n) is 9.21. The van der Waals surface area contributed by atoms with Crippen molar-refractivity contribution in [2.75, 3.05) is 0 Å². The van der Waals surface area contributed by atoms with E-state index in [-0.39, 0.29) is 35.4 Å². The van der Waals surface area contributed by atoms with E-state index in [1.54, 1.807) is 0 Å². The van der Waals surface area contributed by atoms with E-state index in [2.05, 4.69) is 20.8 Å². The highest BCUT2D eigenvalue weighted by molar-refractivity contribution is 7.81. The van der Waals surface area contributed by atoms with Crippen molar-refractivity contribution in [1.29, 1.82) is 0 Å². The van der Waals surface area contributed by atoms with E-state index in [1.165, 1.54) is 6.42 Å². The lowest BCUT2D eigenvalue weighted by atomic mass is 9.43. The molecule has 7 heteroatoms. The standard InChI is InChI=1S/C24H38O6S/c1-14(4-7-21(25)26)17-5-6-18-22-19(9-11-24(17,18)3)23(2)10-8-16-12-15(23)13-20(22)30-31(27,28)29-16/h14-20,22H,4-13H2,1-3H3,(H,25,26)/t14-,15?,16+,17-,18+,19+,20+,22+,23+,24-/m1/s1. The molecular weight excluding hydrogens is 416 g/mol. The van der Waals surface area contributed by atoms with Crippen molar-refractivity contribution in [2.24, 2.45) is 46.3 Å². The van der Waals surface area contributed by atoms with Gasteiger partial charge in [-0.2, -0.15) is 8.42 Å². The number of carboxylic acid groups (broad SMARTS) is 1. The van der Waals surface area contributed by atoms with Crippen LogP contribution in [0.4, 0.5) is 0 Å². The minimum atomic E-state index is -3.96. The van der Waals surface area contributed by atoms with Crippen LogP contribution in [-0.2, 0) is 23.6 Å². The second-order valence-corrected chi connectivity index (χ2v) is 13.1. The van der Waals surface area contributed by atoms with E-state index in [0.717, 1.165) is 51.4 Å². The minimum Gasteiger partial charge on any atom is -0.481 e. The van der Waals surface area contributed by atoms with Crippen LogP contribution in [0, 0.1) is 46.3 Å². The number of carboxylic acids is 1. The molecule has 6 nitrogen and oxygen atoms in total. The predicted octanol–water partition coefficient (Wildman–Crippen LogP) is 4.78. The summed E-state index contributed by atoms with van der Waals surface area (Å²) in [6.45, 7) is 7.09. The van der Waals surface area contributed by atoms with Crippen LogP contribution in [0.2, 0.25) is 0 Å². The predicted molar refractivity (Wildman–Crippen MR) is 115 cm³/mol. The Morgan fingerprint density at radius 2 is 1.74 bits per heavy atom. The summed E-state index contributed by atoms with van der Waals surface area (Å²) in [7, 11) is -3.96. The summed E-state index contributed by atoms with van der Waals surface area (Å²) in [5.41, 5.74) is 0.385. The number of fused-ring (bicyclic) bond motifs is 7. The first-order chi connectivity index (χ1) is 14.5. The van der Waals surface area contributed by atoms with Crippen LogP contribution >= 0.6 is 0 Å². The molecule has 5 rings (SSSR count). The van der Waals surface area contributed by atoms with Crippen molar-refractivity contribution in [3.05, 3.63) is 0 Å². The lowest BCUT2D eigenvalue weighted by molar-refractivity contribution is -0.177. The van der Waals surface area contributed by atoms with Gasteiger partial charge in [-0.05, 0) is 104 Å². The Kier molecular flexibility index (Phi) is 5.30. The molecule has 5 aliphatic rings. The number of rotatable bonds is 4. The van der Waals surface area contributed by atoms with Gasteiger partial charge in [-0.25, -0.2) is 8.37 Å². The summed E-state index contributed by atoms with van der Waals surface area (Å²) in [6, 6.07) is 0. The summed E-state index contributed by atoms with van der Waals surface area (Å²) < 4.78 is 36.6. The molecule has 1 aliphatic heterocycles. The summed E-state index contributed by atoms with van der Waals surface area (Å²) in [5, 5.41) is 9.16. The highest BCUT2D eigenvalue weighted by Gasteiger charge is 2.64. The first-order valence-electron chi connectivity index (χ1n) is 12.4. The molecule has 0 spiro atoms. The first-order valence-corrected chi connectivity index (χ1v) is 13.7. The molecule has 4 aliphatic carbocycles. The average molecular weight is 455 g/mol. The molecule has 0 amide bonds. The summed E-state index contributed by atoms with van der Waals surface area (Å²) >= 11 is 0. The van der Waals surface area contributed by atoms with Crippen molar-refractivity contribution in [3.8, 4) is 0 Å². The molecule has 5 fully saturated rings. The zero-order valence-electron chi connectivity index (χ0n) is 19.1. The van der Waals surface area contributed by atoms with Crippen LogP contribution in [0.15, 0.2) is 0 Å². The van der Waals surface area contributed by atoms with Gasteiger partial charge in [0, 0.05) is 6.42 Å². The van der Waals surface area contributed by atoms with E-state index in [0.29, 0.717) is 29.6 Å². The third-order valence-corrected chi connectivity index (χ3v) is 11.7. The molecule has 0 aromatic heterocycles. The van der Waals surface area contributed by atoms with E-state index in [9.17, 15) is 13.2 Å². The van der Waals surface area contributed by atoms with Crippen LogP contribution in [0.25, 0.3) is 0 Å². The van der Waals surface area contributed by atoms with Gasteiger partial charge < -0.3 is 5.11 Å². The third kappa shape index (κ3) is 3.48. The van der Waals surface area contributed by atoms with E-state index < -0.39 is 16.4 Å². The fourth-order valence-corrected chi connectivity index (χ4v) is 10.3. The quantitative estimate of drug-likeness (QED) is 0.657. The molecule has 10 atom stereocenters. The minimum absolute atomic E-state index is 0.135. The third-order valence-electron chi connectivity index (χ3n) is 10.7. The van der Waals surface area contributed by atoms with Gasteiger partial charge in [-0.1, -0.05) is 20.8 Å². The van der Waals surface area contributed by atoms with Crippen LogP contribution < -0.4 is 0 Å². The maximum Gasteiger partial charge on any atom is 0.400 e. The Balaban J connectivity index is 1.47. The van der Waals surface area contributed by atoms with E-state index in [4.69, 9.17) is 13.5 Å². The summed E-state index contributed by atoms with van der Waals surface area (Å²) in [5.74, 6) is 1.84. The number of carbonyl (C=O) groups is 1. The van der Waals surface area contributed by atoms with Crippen molar-refractivity contribution in [1.82, 2.24) is 0 Å². The molecule has 176 valence electrons. The number of aliphatic carboxylic acids is 1. The first kappa shape index (κ1) is 22.1. The SMILES string of the molecule is C[C@H](CCC(=O)O)[C@H]1CC[C@H]2[C@@H]3[C@@H]4CC5C[C@H](CC[C@]5(C)[C@H]3CC[C@]12C)OS(=O)(=O)O4. The Hall–Kier alpha value is -0.660. The lowest BCUT2D eigenvalue weighted by Crippen LogP contribution is -2.60. The van der Waals surface area contributed by atoms with Gasteiger partial charge in [0.1, 0.15) is 0 Å². The molecule has 1 saturated heterocycles. The molecule has 1 heterocycles. The topological polar surface area (TPSA) is 89.9 Å². The summed E-state index contributed by atoms with van der Waals surface area (Å²) in [6.07, 6.45) is 8.51. The largest absolute Gasteiger partial charge is 0.481 e. The molecule has 3 bridgehead atoms. The van der Waals surface area contributed by atoms with Gasteiger partial charge in [0.15, 0.2) is 0 Å². The van der Waals surface area contributed by atoms with Crippen molar-refractivity contribution < 1.29 is 26.7 Å². The number of hydrogen-bond donors (Lipinski definition) is 1. The molecule has 0 radical (unpaired) electrons. The zero-order valence-corrected chi connectivity index (χ0v) is 19.9. The Morgan fingerprint density at radius 1 is 1.03 bits per heavy atom.